The van der Waals surface area contributed by atoms with E-state index in [4.69, 9.17) is 58.0 Å². The van der Waals surface area contributed by atoms with E-state index in [1.54, 1.807) is 43.3 Å². The number of rotatable bonds is 4. The molecule has 0 atom stereocenters. The molecule has 3 rings (SSSR count). The van der Waals surface area contributed by atoms with E-state index in [1.165, 1.54) is 10.9 Å². The van der Waals surface area contributed by atoms with E-state index in [-0.39, 0.29) is 5.69 Å². The molecule has 0 saturated carbocycles. The number of carbonyl (C=O) groups is 1. The number of hydrogen-bond acceptors (Lipinski definition) is 3. The quantitative estimate of drug-likeness (QED) is 0.359. The molecule has 0 aliphatic carbocycles. The Hall–Kier alpha value is -1.76. The van der Waals surface area contributed by atoms with Crippen LogP contribution in [0.15, 0.2) is 41.5 Å². The Morgan fingerprint density at radius 3 is 2.25 bits per heavy atom. The number of carbonyl (C=O) groups excluding carboxylic acids is 1. The molecule has 0 fully saturated rings. The van der Waals surface area contributed by atoms with Crippen molar-refractivity contribution in [3.8, 4) is 5.69 Å². The van der Waals surface area contributed by atoms with E-state index < -0.39 is 5.91 Å². The van der Waals surface area contributed by atoms with Gasteiger partial charge in [-0.25, -0.2) is 10.1 Å². The highest BCUT2D eigenvalue weighted by Gasteiger charge is 2.17. The van der Waals surface area contributed by atoms with Crippen molar-refractivity contribution < 1.29 is 4.79 Å². The van der Waals surface area contributed by atoms with Gasteiger partial charge in [-0.2, -0.15) is 10.2 Å². The minimum atomic E-state index is -0.525. The topological polar surface area (TPSA) is 59.3 Å². The largest absolute Gasteiger partial charge is 0.291 e. The fourth-order valence-electron chi connectivity index (χ4n) is 2.40. The van der Waals surface area contributed by atoms with Crippen LogP contribution in [0.1, 0.15) is 21.7 Å². The summed E-state index contributed by atoms with van der Waals surface area (Å²) < 4.78 is 1.46. The van der Waals surface area contributed by atoms with Crippen molar-refractivity contribution in [2.75, 3.05) is 0 Å². The SMILES string of the molecule is Cc1cc(C(=O)N/N=C/c2c(Cl)cccc2Cl)nn1-c1c(Cl)cc(Cl)cc1Cl. The van der Waals surface area contributed by atoms with Gasteiger partial charge in [0.05, 0.1) is 26.3 Å². The molecule has 144 valence electrons. The third-order valence-corrected chi connectivity index (χ3v) is 5.13. The van der Waals surface area contributed by atoms with Gasteiger partial charge in [0.1, 0.15) is 5.69 Å². The summed E-state index contributed by atoms with van der Waals surface area (Å²) in [6, 6.07) is 9.71. The summed E-state index contributed by atoms with van der Waals surface area (Å²) in [6.45, 7) is 1.76. The Balaban J connectivity index is 1.83. The fraction of sp³-hybridized carbons (Fsp3) is 0.0556. The van der Waals surface area contributed by atoms with Gasteiger partial charge in [0, 0.05) is 16.3 Å². The number of hydrogen-bond donors (Lipinski definition) is 1. The van der Waals surface area contributed by atoms with Crippen LogP contribution in [0.2, 0.25) is 25.1 Å². The van der Waals surface area contributed by atoms with Crippen molar-refractivity contribution in [1.82, 2.24) is 15.2 Å². The molecule has 28 heavy (non-hydrogen) atoms. The number of amides is 1. The molecule has 1 aromatic heterocycles. The van der Waals surface area contributed by atoms with Crippen LogP contribution in [0.3, 0.4) is 0 Å². The zero-order valence-corrected chi connectivity index (χ0v) is 18.0. The third-order valence-electron chi connectivity index (χ3n) is 3.67. The molecule has 5 nitrogen and oxygen atoms in total. The minimum absolute atomic E-state index is 0.127. The lowest BCUT2D eigenvalue weighted by molar-refractivity contribution is 0.0949. The molecule has 1 heterocycles. The Morgan fingerprint density at radius 2 is 1.64 bits per heavy atom. The van der Waals surface area contributed by atoms with Crippen molar-refractivity contribution in [1.29, 1.82) is 0 Å². The molecular weight excluding hydrogens is 465 g/mol. The first-order valence-corrected chi connectivity index (χ1v) is 9.66. The Labute approximate surface area is 185 Å². The molecule has 2 aromatic carbocycles. The Bertz CT molecular complexity index is 1050. The Morgan fingerprint density at radius 1 is 1.04 bits per heavy atom. The highest BCUT2D eigenvalue weighted by molar-refractivity contribution is 6.40. The monoisotopic (exact) mass is 474 g/mol. The minimum Gasteiger partial charge on any atom is -0.265 e. The summed E-state index contributed by atoms with van der Waals surface area (Å²) in [5.41, 5.74) is 4.08. The summed E-state index contributed by atoms with van der Waals surface area (Å²) in [5.74, 6) is -0.525. The van der Waals surface area contributed by atoms with Crippen LogP contribution < -0.4 is 5.43 Å². The molecule has 0 aliphatic heterocycles. The van der Waals surface area contributed by atoms with Crippen molar-refractivity contribution in [3.05, 3.63) is 78.5 Å². The summed E-state index contributed by atoms with van der Waals surface area (Å²) in [4.78, 5) is 12.4. The maximum absolute atomic E-state index is 12.4. The molecule has 1 N–H and O–H groups in total. The second-order valence-electron chi connectivity index (χ2n) is 5.64. The van der Waals surface area contributed by atoms with Crippen LogP contribution in [0.4, 0.5) is 0 Å². The normalized spacial score (nSPS) is 11.2. The van der Waals surface area contributed by atoms with Gasteiger partial charge in [-0.15, -0.1) is 0 Å². The molecule has 10 heteroatoms. The first kappa shape index (κ1) is 21.0. The zero-order valence-electron chi connectivity index (χ0n) is 14.2. The summed E-state index contributed by atoms with van der Waals surface area (Å²) in [6.07, 6.45) is 1.36. The van der Waals surface area contributed by atoms with E-state index in [0.717, 1.165) is 0 Å². The van der Waals surface area contributed by atoms with Gasteiger partial charge in [0.25, 0.3) is 5.91 Å². The van der Waals surface area contributed by atoms with E-state index in [9.17, 15) is 4.79 Å². The van der Waals surface area contributed by atoms with Crippen LogP contribution in [0, 0.1) is 6.92 Å². The average molecular weight is 477 g/mol. The fourth-order valence-corrected chi connectivity index (χ4v) is 3.87. The number of benzene rings is 2. The molecule has 3 aromatic rings. The predicted octanol–water partition coefficient (Wildman–Crippen LogP) is 6.21. The van der Waals surface area contributed by atoms with E-state index >= 15 is 0 Å². The lowest BCUT2D eigenvalue weighted by Gasteiger charge is -2.09. The van der Waals surface area contributed by atoms with Gasteiger partial charge < -0.3 is 0 Å². The number of aryl methyl sites for hydroxylation is 1. The predicted molar refractivity (Wildman–Crippen MR) is 115 cm³/mol. The standard InChI is InChI=1S/C18H11Cl5N4O/c1-9-5-16(26-27(9)17-14(22)6-10(19)7-15(17)23)18(28)25-24-8-11-12(20)3-2-4-13(11)21/h2-8H,1H3,(H,25,28)/b24-8+. The lowest BCUT2D eigenvalue weighted by Crippen LogP contribution is -2.18. The van der Waals surface area contributed by atoms with Gasteiger partial charge in [-0.3, -0.25) is 4.79 Å². The summed E-state index contributed by atoms with van der Waals surface area (Å²) in [7, 11) is 0. The number of nitrogens with one attached hydrogen (secondary N) is 1. The molecule has 0 unspecified atom stereocenters. The van der Waals surface area contributed by atoms with Gasteiger partial charge in [-0.1, -0.05) is 64.1 Å². The first-order valence-electron chi connectivity index (χ1n) is 7.77. The molecule has 1 amide bonds. The smallest absolute Gasteiger partial charge is 0.265 e. The van der Waals surface area contributed by atoms with Crippen LogP contribution in [0.25, 0.3) is 5.69 Å². The number of hydrazone groups is 1. The van der Waals surface area contributed by atoms with E-state index in [2.05, 4.69) is 15.6 Å². The lowest BCUT2D eigenvalue weighted by atomic mass is 10.2. The summed E-state index contributed by atoms with van der Waals surface area (Å²) >= 11 is 30.5. The third kappa shape index (κ3) is 4.45. The average Bonchev–Trinajstić information content (AvgIpc) is 2.98. The maximum atomic E-state index is 12.4. The van der Waals surface area contributed by atoms with Gasteiger partial charge in [0.15, 0.2) is 5.69 Å². The molecule has 0 saturated heterocycles. The second-order valence-corrected chi connectivity index (χ2v) is 7.70. The van der Waals surface area contributed by atoms with Gasteiger partial charge in [-0.05, 0) is 37.3 Å². The highest BCUT2D eigenvalue weighted by Crippen LogP contribution is 2.32. The maximum Gasteiger partial charge on any atom is 0.291 e. The van der Waals surface area contributed by atoms with Crippen molar-refractivity contribution in [2.24, 2.45) is 5.10 Å². The molecular formula is C18H11Cl5N4O. The van der Waals surface area contributed by atoms with E-state index in [1.807, 2.05) is 0 Å². The first-order chi connectivity index (χ1) is 13.3. The van der Waals surface area contributed by atoms with E-state index in [0.29, 0.717) is 42.1 Å². The van der Waals surface area contributed by atoms with Gasteiger partial charge >= 0.3 is 0 Å². The molecule has 0 spiro atoms. The van der Waals surface area contributed by atoms with Crippen molar-refractivity contribution >= 4 is 70.1 Å². The molecule has 0 aliphatic rings. The van der Waals surface area contributed by atoms with Crippen LogP contribution in [0.5, 0.6) is 0 Å². The van der Waals surface area contributed by atoms with Crippen LogP contribution in [-0.4, -0.2) is 21.9 Å². The Kier molecular flexibility index (Phi) is 6.53. The van der Waals surface area contributed by atoms with Gasteiger partial charge in [0.2, 0.25) is 0 Å². The van der Waals surface area contributed by atoms with Crippen molar-refractivity contribution in [3.63, 3.8) is 0 Å². The molecule has 0 radical (unpaired) electrons. The van der Waals surface area contributed by atoms with Crippen LogP contribution in [-0.2, 0) is 0 Å². The second kappa shape index (κ2) is 8.72. The highest BCUT2D eigenvalue weighted by atomic mass is 35.5. The zero-order chi connectivity index (χ0) is 20.4. The molecule has 0 bridgehead atoms. The van der Waals surface area contributed by atoms with Crippen LogP contribution >= 0.6 is 58.0 Å². The number of aromatic nitrogens is 2. The summed E-state index contributed by atoms with van der Waals surface area (Å²) in [5, 5.41) is 9.99. The number of halogens is 5. The van der Waals surface area contributed by atoms with Crippen molar-refractivity contribution in [2.45, 2.75) is 6.92 Å². The number of nitrogens with zero attached hydrogens (tertiary/aromatic N) is 3.